The molecule has 4 aliphatic rings. The Balaban J connectivity index is 1.35. The molecule has 3 aliphatic heterocycles. The molecule has 3 heterocycles. The lowest BCUT2D eigenvalue weighted by Crippen LogP contribution is -2.47. The van der Waals surface area contributed by atoms with Crippen molar-refractivity contribution < 1.29 is 43.2 Å². The zero-order valence-corrected chi connectivity index (χ0v) is 29.1. The van der Waals surface area contributed by atoms with Crippen LogP contribution in [0.25, 0.3) is 0 Å². The van der Waals surface area contributed by atoms with E-state index in [9.17, 15) is 43.2 Å². The molecule has 1 aliphatic carbocycles. The van der Waals surface area contributed by atoms with Gasteiger partial charge in [-0.3, -0.25) is 57.9 Å². The van der Waals surface area contributed by atoms with Gasteiger partial charge in [-0.25, -0.2) is 0 Å². The highest BCUT2D eigenvalue weighted by Crippen LogP contribution is 2.34. The Kier molecular flexibility index (Phi) is 12.3. The number of imide groups is 3. The molecule has 0 radical (unpaired) electrons. The van der Waals surface area contributed by atoms with E-state index in [2.05, 4.69) is 16.0 Å². The Hall–Kier alpha value is -4.17. The summed E-state index contributed by atoms with van der Waals surface area (Å²) in [7, 11) is 0. The number of nitrogens with zero attached hydrogens (tertiary/aromatic N) is 3. The lowest BCUT2D eigenvalue weighted by atomic mass is 9.74. The third-order valence-corrected chi connectivity index (χ3v) is 10.4. The molecule has 0 bridgehead atoms. The maximum atomic E-state index is 13.4. The molecule has 4 rings (SSSR count). The van der Waals surface area contributed by atoms with Crippen molar-refractivity contribution in [2.75, 3.05) is 39.3 Å². The maximum absolute atomic E-state index is 13.4. The lowest BCUT2D eigenvalue weighted by Gasteiger charge is -2.33. The first-order valence-electron chi connectivity index (χ1n) is 17.5. The van der Waals surface area contributed by atoms with Crippen LogP contribution in [0.1, 0.15) is 73.1 Å². The van der Waals surface area contributed by atoms with Crippen molar-refractivity contribution in [2.24, 2.45) is 47.3 Å². The molecule has 3 N–H and O–H groups in total. The summed E-state index contributed by atoms with van der Waals surface area (Å²) in [5.74, 6) is -6.26. The van der Waals surface area contributed by atoms with Gasteiger partial charge in [-0.2, -0.15) is 0 Å². The second-order valence-electron chi connectivity index (χ2n) is 14.5. The molecule has 9 amide bonds. The van der Waals surface area contributed by atoms with Gasteiger partial charge in [-0.05, 0) is 31.1 Å². The second-order valence-corrected chi connectivity index (χ2v) is 14.5. The number of nitrogens with one attached hydrogen (secondary N) is 3. The molecule has 0 aromatic carbocycles. The van der Waals surface area contributed by atoms with Gasteiger partial charge in [0.2, 0.25) is 53.2 Å². The molecule has 0 aromatic heterocycles. The highest BCUT2D eigenvalue weighted by Gasteiger charge is 2.43. The highest BCUT2D eigenvalue weighted by atomic mass is 16.2. The van der Waals surface area contributed by atoms with Gasteiger partial charge in [-0.1, -0.05) is 34.6 Å². The number of carbonyl (C=O) groups is 9. The zero-order chi connectivity index (χ0) is 36.2. The van der Waals surface area contributed by atoms with Gasteiger partial charge < -0.3 is 16.0 Å². The number of rotatable bonds is 14. The highest BCUT2D eigenvalue weighted by molar-refractivity contribution is 6.04. The summed E-state index contributed by atoms with van der Waals surface area (Å²) in [4.78, 5) is 118. The van der Waals surface area contributed by atoms with Gasteiger partial charge in [0.1, 0.15) is 0 Å². The van der Waals surface area contributed by atoms with E-state index >= 15 is 0 Å². The maximum Gasteiger partial charge on any atom is 0.233 e. The molecule has 270 valence electrons. The Bertz CT molecular complexity index is 1310. The van der Waals surface area contributed by atoms with E-state index in [0.29, 0.717) is 0 Å². The van der Waals surface area contributed by atoms with Crippen molar-refractivity contribution in [1.82, 2.24) is 30.7 Å². The first-order chi connectivity index (χ1) is 23.1. The summed E-state index contributed by atoms with van der Waals surface area (Å²) in [6, 6.07) is 0. The first-order valence-corrected chi connectivity index (χ1v) is 17.5. The standard InChI is InChI=1S/C34H50N6O9/c1-18(2)24-16-27(42)39(33(24)48)10-7-36-30(45)22-13-21(29(44)35-6-9-38-26(41)12-20(5)32(38)47)14-23(15-22)31(46)37-8-11-40-28(43)17-25(19(3)4)34(40)49/h18-25H,6-17H2,1-5H3,(H,35,44)(H,36,45)(H,37,46)/t20?,21?,22-,23+,24?,25?. The van der Waals surface area contributed by atoms with Gasteiger partial charge in [0.15, 0.2) is 0 Å². The van der Waals surface area contributed by atoms with Crippen LogP contribution in [0, 0.1) is 47.3 Å². The fraction of sp³-hybridized carbons (Fsp3) is 0.735. The minimum atomic E-state index is -0.732. The summed E-state index contributed by atoms with van der Waals surface area (Å²) in [5.41, 5.74) is 0. The van der Waals surface area contributed by atoms with Crippen LogP contribution in [-0.4, -0.2) is 107 Å². The first kappa shape index (κ1) is 37.6. The average molecular weight is 687 g/mol. The molecule has 3 saturated heterocycles. The van der Waals surface area contributed by atoms with Gasteiger partial charge in [0.25, 0.3) is 0 Å². The summed E-state index contributed by atoms with van der Waals surface area (Å²) < 4.78 is 0. The average Bonchev–Trinajstić information content (AvgIpc) is 3.60. The van der Waals surface area contributed by atoms with E-state index in [0.717, 1.165) is 14.7 Å². The van der Waals surface area contributed by atoms with Gasteiger partial charge >= 0.3 is 0 Å². The van der Waals surface area contributed by atoms with Crippen LogP contribution in [0.15, 0.2) is 0 Å². The van der Waals surface area contributed by atoms with Crippen LogP contribution in [0.3, 0.4) is 0 Å². The topological polar surface area (TPSA) is 199 Å². The molecular weight excluding hydrogens is 636 g/mol. The van der Waals surface area contributed by atoms with Crippen LogP contribution in [0.5, 0.6) is 0 Å². The third-order valence-electron chi connectivity index (χ3n) is 10.4. The zero-order valence-electron chi connectivity index (χ0n) is 29.1. The number of carbonyl (C=O) groups excluding carboxylic acids is 9. The predicted molar refractivity (Wildman–Crippen MR) is 173 cm³/mol. The van der Waals surface area contributed by atoms with Crippen LogP contribution < -0.4 is 16.0 Å². The van der Waals surface area contributed by atoms with E-state index < -0.39 is 41.4 Å². The number of hydrogen-bond acceptors (Lipinski definition) is 9. The fourth-order valence-electron chi connectivity index (χ4n) is 7.28. The van der Waals surface area contributed by atoms with Crippen molar-refractivity contribution >= 4 is 53.2 Å². The van der Waals surface area contributed by atoms with Gasteiger partial charge in [0.05, 0.1) is 0 Å². The summed E-state index contributed by atoms with van der Waals surface area (Å²) >= 11 is 0. The minimum Gasteiger partial charge on any atom is -0.354 e. The second kappa shape index (κ2) is 16.0. The largest absolute Gasteiger partial charge is 0.354 e. The molecule has 15 heteroatoms. The van der Waals surface area contributed by atoms with Crippen LogP contribution in [-0.2, 0) is 43.2 Å². The molecule has 0 aromatic rings. The molecule has 15 nitrogen and oxygen atoms in total. The Morgan fingerprint density at radius 3 is 1.12 bits per heavy atom. The van der Waals surface area contributed by atoms with E-state index in [1.807, 2.05) is 27.7 Å². The Morgan fingerprint density at radius 2 is 0.857 bits per heavy atom. The van der Waals surface area contributed by atoms with Crippen LogP contribution in [0.2, 0.25) is 0 Å². The van der Waals surface area contributed by atoms with Crippen molar-refractivity contribution in [2.45, 2.75) is 73.1 Å². The number of likely N-dealkylation sites (tertiary alicyclic amines) is 3. The van der Waals surface area contributed by atoms with Crippen molar-refractivity contribution in [1.29, 1.82) is 0 Å². The predicted octanol–water partition coefficient (Wildman–Crippen LogP) is -0.175. The smallest absolute Gasteiger partial charge is 0.233 e. The molecular formula is C34H50N6O9. The van der Waals surface area contributed by atoms with Crippen LogP contribution in [0.4, 0.5) is 0 Å². The van der Waals surface area contributed by atoms with Crippen molar-refractivity contribution in [3.8, 4) is 0 Å². The van der Waals surface area contributed by atoms with Crippen LogP contribution >= 0.6 is 0 Å². The fourth-order valence-corrected chi connectivity index (χ4v) is 7.28. The van der Waals surface area contributed by atoms with Crippen molar-refractivity contribution in [3.63, 3.8) is 0 Å². The third kappa shape index (κ3) is 8.71. The van der Waals surface area contributed by atoms with E-state index in [1.165, 1.54) is 0 Å². The number of hydrogen-bond donors (Lipinski definition) is 3. The Labute approximate surface area is 286 Å². The molecule has 6 atom stereocenters. The molecule has 49 heavy (non-hydrogen) atoms. The molecule has 0 spiro atoms. The quantitative estimate of drug-likeness (QED) is 0.208. The lowest BCUT2D eigenvalue weighted by molar-refractivity contribution is -0.141. The normalized spacial score (nSPS) is 27.6. The molecule has 4 unspecified atom stereocenters. The SMILES string of the molecule is CC1CC(=O)N(CCNC(=O)C2C[C@@H](C(=O)NCCN3C(=O)CC(C(C)C)C3=O)C[C@@H](C(=O)NCCN3C(=O)CC(C(C)C)C3=O)C2)C1=O. The van der Waals surface area contributed by atoms with E-state index in [4.69, 9.17) is 0 Å². The summed E-state index contributed by atoms with van der Waals surface area (Å²) in [6.07, 6.45) is 0.828. The van der Waals surface area contributed by atoms with E-state index in [1.54, 1.807) is 6.92 Å². The van der Waals surface area contributed by atoms with Crippen molar-refractivity contribution in [3.05, 3.63) is 0 Å². The van der Waals surface area contributed by atoms with E-state index in [-0.39, 0.29) is 137 Å². The summed E-state index contributed by atoms with van der Waals surface area (Å²) in [5, 5.41) is 8.29. The number of amides is 9. The molecule has 1 saturated carbocycles. The summed E-state index contributed by atoms with van der Waals surface area (Å²) in [6.45, 7) is 9.31. The molecule has 4 fully saturated rings. The van der Waals surface area contributed by atoms with Gasteiger partial charge in [-0.15, -0.1) is 0 Å². The van der Waals surface area contributed by atoms with Gasteiger partial charge in [0, 0.05) is 94.0 Å². The monoisotopic (exact) mass is 686 g/mol. The minimum absolute atomic E-state index is 0.0117. The Morgan fingerprint density at radius 1 is 0.551 bits per heavy atom.